The van der Waals surface area contributed by atoms with E-state index < -0.39 is 0 Å². The van der Waals surface area contributed by atoms with Crippen molar-refractivity contribution in [3.8, 4) is 0 Å². The lowest BCUT2D eigenvalue weighted by atomic mass is 10.0. The highest BCUT2D eigenvalue weighted by atomic mass is 16.3. The van der Waals surface area contributed by atoms with Gasteiger partial charge in [0.15, 0.2) is 0 Å². The third-order valence-electron chi connectivity index (χ3n) is 4.37. The number of nitrogens with zero attached hydrogens (tertiary/aromatic N) is 5. The van der Waals surface area contributed by atoms with E-state index in [9.17, 15) is 5.11 Å². The SMILES string of the molecule is CCc1nccn1C1CCCN(CC(O)Cn2cccn2)C1. The molecule has 2 unspecified atom stereocenters. The molecule has 6 nitrogen and oxygen atoms in total. The van der Waals surface area contributed by atoms with Gasteiger partial charge in [-0.25, -0.2) is 4.98 Å². The van der Waals surface area contributed by atoms with Gasteiger partial charge in [0.05, 0.1) is 12.6 Å². The summed E-state index contributed by atoms with van der Waals surface area (Å²) in [5.74, 6) is 1.16. The zero-order chi connectivity index (χ0) is 15.4. The number of likely N-dealkylation sites (tertiary alicyclic amines) is 1. The van der Waals surface area contributed by atoms with E-state index in [0.29, 0.717) is 19.1 Å². The van der Waals surface area contributed by atoms with E-state index in [0.717, 1.165) is 25.3 Å². The van der Waals surface area contributed by atoms with Gasteiger partial charge in [-0.05, 0) is 25.5 Å². The van der Waals surface area contributed by atoms with Crippen LogP contribution < -0.4 is 0 Å². The topological polar surface area (TPSA) is 59.1 Å². The molecule has 1 N–H and O–H groups in total. The molecule has 120 valence electrons. The van der Waals surface area contributed by atoms with Crippen molar-refractivity contribution in [1.29, 1.82) is 0 Å². The lowest BCUT2D eigenvalue weighted by molar-refractivity contribution is 0.0729. The molecule has 1 saturated heterocycles. The summed E-state index contributed by atoms with van der Waals surface area (Å²) in [5.41, 5.74) is 0. The van der Waals surface area contributed by atoms with Crippen LogP contribution in [-0.4, -0.2) is 55.1 Å². The highest BCUT2D eigenvalue weighted by molar-refractivity contribution is 4.96. The van der Waals surface area contributed by atoms with Crippen molar-refractivity contribution in [2.75, 3.05) is 19.6 Å². The van der Waals surface area contributed by atoms with Crippen LogP contribution in [-0.2, 0) is 13.0 Å². The van der Waals surface area contributed by atoms with Gasteiger partial charge in [-0.2, -0.15) is 5.10 Å². The van der Waals surface area contributed by atoms with Crippen LogP contribution in [0.25, 0.3) is 0 Å². The molecule has 1 aliphatic heterocycles. The zero-order valence-corrected chi connectivity index (χ0v) is 13.2. The van der Waals surface area contributed by atoms with Crippen molar-refractivity contribution in [3.05, 3.63) is 36.7 Å². The number of aliphatic hydroxyl groups excluding tert-OH is 1. The zero-order valence-electron chi connectivity index (χ0n) is 13.2. The standard InChI is InChI=1S/C16H25N5O/c1-2-16-17-7-10-21(16)14-5-3-8-19(11-14)12-15(22)13-20-9-4-6-18-20/h4,6-7,9-10,14-15,22H,2-3,5,8,11-13H2,1H3. The van der Waals surface area contributed by atoms with Crippen LogP contribution in [0.15, 0.2) is 30.9 Å². The largest absolute Gasteiger partial charge is 0.390 e. The first kappa shape index (κ1) is 15.2. The molecule has 3 rings (SSSR count). The molecule has 2 atom stereocenters. The van der Waals surface area contributed by atoms with Crippen molar-refractivity contribution in [3.63, 3.8) is 0 Å². The minimum Gasteiger partial charge on any atom is -0.390 e. The summed E-state index contributed by atoms with van der Waals surface area (Å²) in [6.45, 7) is 5.45. The molecule has 0 bridgehead atoms. The Kier molecular flexibility index (Phi) is 4.90. The van der Waals surface area contributed by atoms with Crippen LogP contribution >= 0.6 is 0 Å². The van der Waals surface area contributed by atoms with Gasteiger partial charge in [0.2, 0.25) is 0 Å². The predicted octanol–water partition coefficient (Wildman–Crippen LogP) is 1.34. The average molecular weight is 303 g/mol. The van der Waals surface area contributed by atoms with E-state index in [-0.39, 0.29) is 6.10 Å². The molecular formula is C16H25N5O. The van der Waals surface area contributed by atoms with Crippen molar-refractivity contribution >= 4 is 0 Å². The summed E-state index contributed by atoms with van der Waals surface area (Å²) in [6.07, 6.45) is 10.6. The smallest absolute Gasteiger partial charge is 0.108 e. The van der Waals surface area contributed by atoms with Crippen molar-refractivity contribution in [2.24, 2.45) is 0 Å². The highest BCUT2D eigenvalue weighted by Gasteiger charge is 2.24. The van der Waals surface area contributed by atoms with Crippen molar-refractivity contribution < 1.29 is 5.11 Å². The Hall–Kier alpha value is -1.66. The second-order valence-electron chi connectivity index (χ2n) is 6.04. The number of aryl methyl sites for hydroxylation is 1. The van der Waals surface area contributed by atoms with E-state index >= 15 is 0 Å². The highest BCUT2D eigenvalue weighted by Crippen LogP contribution is 2.23. The molecule has 22 heavy (non-hydrogen) atoms. The van der Waals surface area contributed by atoms with Crippen LogP contribution in [0.2, 0.25) is 0 Å². The molecule has 3 heterocycles. The Morgan fingerprint density at radius 2 is 2.23 bits per heavy atom. The Morgan fingerprint density at radius 1 is 1.32 bits per heavy atom. The maximum atomic E-state index is 10.3. The number of hydrogen-bond acceptors (Lipinski definition) is 4. The fourth-order valence-corrected chi connectivity index (χ4v) is 3.35. The molecule has 2 aromatic rings. The number of aromatic nitrogens is 4. The van der Waals surface area contributed by atoms with Gasteiger partial charge in [-0.1, -0.05) is 6.92 Å². The van der Waals surface area contributed by atoms with Crippen LogP contribution in [0.5, 0.6) is 0 Å². The Balaban J connectivity index is 1.56. The lowest BCUT2D eigenvalue weighted by Crippen LogP contribution is -2.42. The summed E-state index contributed by atoms with van der Waals surface area (Å²) in [6, 6.07) is 2.36. The summed E-state index contributed by atoms with van der Waals surface area (Å²) in [4.78, 5) is 6.79. The van der Waals surface area contributed by atoms with Gasteiger partial charge < -0.3 is 9.67 Å². The quantitative estimate of drug-likeness (QED) is 0.875. The first-order valence-corrected chi connectivity index (χ1v) is 8.15. The number of β-amino-alcohol motifs (C(OH)–C–C–N with tert-alkyl or cyclic N) is 1. The van der Waals surface area contributed by atoms with Crippen LogP contribution in [0.1, 0.15) is 31.6 Å². The molecule has 0 radical (unpaired) electrons. The number of piperidine rings is 1. The normalized spacial score (nSPS) is 21.1. The third kappa shape index (κ3) is 3.56. The van der Waals surface area contributed by atoms with E-state index in [4.69, 9.17) is 0 Å². The first-order valence-electron chi connectivity index (χ1n) is 8.15. The van der Waals surface area contributed by atoms with Gasteiger partial charge >= 0.3 is 0 Å². The van der Waals surface area contributed by atoms with Gasteiger partial charge in [0.25, 0.3) is 0 Å². The third-order valence-corrected chi connectivity index (χ3v) is 4.37. The van der Waals surface area contributed by atoms with Crippen molar-refractivity contribution in [1.82, 2.24) is 24.2 Å². The Morgan fingerprint density at radius 3 is 3.00 bits per heavy atom. The molecule has 0 aromatic carbocycles. The maximum absolute atomic E-state index is 10.3. The van der Waals surface area contributed by atoms with E-state index in [1.165, 1.54) is 12.8 Å². The van der Waals surface area contributed by atoms with Crippen LogP contribution in [0, 0.1) is 0 Å². The lowest BCUT2D eigenvalue weighted by Gasteiger charge is -2.35. The van der Waals surface area contributed by atoms with E-state index in [2.05, 4.69) is 32.7 Å². The fraction of sp³-hybridized carbons (Fsp3) is 0.625. The minimum atomic E-state index is -0.382. The van der Waals surface area contributed by atoms with Crippen LogP contribution in [0.4, 0.5) is 0 Å². The molecule has 1 fully saturated rings. The summed E-state index contributed by atoms with van der Waals surface area (Å²) < 4.78 is 4.10. The van der Waals surface area contributed by atoms with Gasteiger partial charge in [-0.15, -0.1) is 0 Å². The summed E-state index contributed by atoms with van der Waals surface area (Å²) in [5, 5.41) is 14.4. The summed E-state index contributed by atoms with van der Waals surface area (Å²) >= 11 is 0. The molecule has 0 spiro atoms. The average Bonchev–Trinajstić information content (AvgIpc) is 3.18. The molecule has 6 heteroatoms. The maximum Gasteiger partial charge on any atom is 0.108 e. The molecule has 0 aliphatic carbocycles. The number of hydrogen-bond donors (Lipinski definition) is 1. The van der Waals surface area contributed by atoms with Gasteiger partial charge in [0, 0.05) is 50.3 Å². The monoisotopic (exact) mass is 303 g/mol. The fourth-order valence-electron chi connectivity index (χ4n) is 3.35. The van der Waals surface area contributed by atoms with E-state index in [1.807, 2.05) is 18.5 Å². The second kappa shape index (κ2) is 7.07. The molecule has 1 aliphatic rings. The minimum absolute atomic E-state index is 0.382. The summed E-state index contributed by atoms with van der Waals surface area (Å²) in [7, 11) is 0. The molecule has 0 amide bonds. The van der Waals surface area contributed by atoms with Crippen LogP contribution in [0.3, 0.4) is 0 Å². The first-order chi connectivity index (χ1) is 10.8. The Labute approximate surface area is 131 Å². The number of aliphatic hydroxyl groups is 1. The predicted molar refractivity (Wildman–Crippen MR) is 84.5 cm³/mol. The second-order valence-corrected chi connectivity index (χ2v) is 6.04. The van der Waals surface area contributed by atoms with E-state index in [1.54, 1.807) is 10.9 Å². The molecular weight excluding hydrogens is 278 g/mol. The molecule has 0 saturated carbocycles. The molecule has 2 aromatic heterocycles. The number of rotatable bonds is 6. The van der Waals surface area contributed by atoms with Gasteiger partial charge in [0.1, 0.15) is 5.82 Å². The van der Waals surface area contributed by atoms with Gasteiger partial charge in [-0.3, -0.25) is 9.58 Å². The Bertz CT molecular complexity index is 565. The number of imidazole rings is 1. The van der Waals surface area contributed by atoms with Crippen molar-refractivity contribution in [2.45, 2.75) is 44.9 Å².